The first-order valence-corrected chi connectivity index (χ1v) is 9.92. The van der Waals surface area contributed by atoms with Crippen molar-refractivity contribution in [2.75, 3.05) is 0 Å². The van der Waals surface area contributed by atoms with Crippen molar-refractivity contribution in [1.29, 1.82) is 0 Å². The molecule has 4 aromatic rings. The normalized spacial score (nSPS) is 15.8. The van der Waals surface area contributed by atoms with Gasteiger partial charge in [-0.05, 0) is 68.5 Å². The van der Waals surface area contributed by atoms with Crippen LogP contribution >= 0.6 is 0 Å². The summed E-state index contributed by atoms with van der Waals surface area (Å²) in [5, 5.41) is 13.7. The van der Waals surface area contributed by atoms with E-state index in [1.54, 1.807) is 6.33 Å². The van der Waals surface area contributed by atoms with Crippen LogP contribution in [0.3, 0.4) is 0 Å². The number of benzene rings is 1. The number of hydrogen-bond acceptors (Lipinski definition) is 3. The van der Waals surface area contributed by atoms with Crippen LogP contribution in [-0.4, -0.2) is 24.8 Å². The van der Waals surface area contributed by atoms with E-state index >= 15 is 0 Å². The van der Waals surface area contributed by atoms with Crippen LogP contribution in [0.25, 0.3) is 27.7 Å². The molecule has 0 amide bonds. The maximum absolute atomic E-state index is 4.67. The predicted molar refractivity (Wildman–Crippen MR) is 108 cm³/mol. The van der Waals surface area contributed by atoms with Crippen LogP contribution in [0.15, 0.2) is 24.5 Å². The predicted octanol–water partition coefficient (Wildman–Crippen LogP) is 5.25. The van der Waals surface area contributed by atoms with Gasteiger partial charge in [0.15, 0.2) is 5.65 Å². The highest BCUT2D eigenvalue weighted by Gasteiger charge is 2.21. The molecule has 138 valence electrons. The molecule has 27 heavy (non-hydrogen) atoms. The van der Waals surface area contributed by atoms with Crippen molar-refractivity contribution < 1.29 is 0 Å². The Bertz CT molecular complexity index is 1140. The smallest absolute Gasteiger partial charge is 0.158 e. The zero-order chi connectivity index (χ0) is 18.5. The number of aromatic amines is 1. The third-order valence-electron chi connectivity index (χ3n) is 6.20. The molecule has 1 aliphatic rings. The van der Waals surface area contributed by atoms with E-state index in [1.807, 2.05) is 4.52 Å². The fraction of sp³-hybridized carbons (Fsp3) is 0.409. The lowest BCUT2D eigenvalue weighted by Crippen LogP contribution is -2.05. The molecule has 0 aliphatic heterocycles. The molecule has 3 heterocycles. The molecule has 0 spiro atoms. The van der Waals surface area contributed by atoms with Gasteiger partial charge in [-0.2, -0.15) is 10.2 Å². The van der Waals surface area contributed by atoms with Crippen molar-refractivity contribution in [3.8, 4) is 11.1 Å². The number of pyridine rings is 1. The summed E-state index contributed by atoms with van der Waals surface area (Å²) < 4.78 is 1.94. The highest BCUT2D eigenvalue weighted by molar-refractivity contribution is 5.89. The van der Waals surface area contributed by atoms with Gasteiger partial charge in [-0.3, -0.25) is 5.10 Å². The van der Waals surface area contributed by atoms with Crippen molar-refractivity contribution in [1.82, 2.24) is 24.8 Å². The minimum atomic E-state index is 0.629. The molecule has 1 fully saturated rings. The first-order valence-electron chi connectivity index (χ1n) is 9.92. The van der Waals surface area contributed by atoms with Crippen LogP contribution in [0.4, 0.5) is 0 Å². The number of nitrogens with one attached hydrogen (secondary N) is 1. The summed E-state index contributed by atoms with van der Waals surface area (Å²) >= 11 is 0. The monoisotopic (exact) mass is 359 g/mol. The van der Waals surface area contributed by atoms with Gasteiger partial charge in [0.25, 0.3) is 0 Å². The number of H-pyrrole nitrogens is 1. The topological polar surface area (TPSA) is 58.9 Å². The molecule has 5 nitrogen and oxygen atoms in total. The zero-order valence-corrected chi connectivity index (χ0v) is 16.2. The van der Waals surface area contributed by atoms with Crippen molar-refractivity contribution in [2.45, 2.75) is 58.8 Å². The van der Waals surface area contributed by atoms with Crippen molar-refractivity contribution >= 4 is 16.6 Å². The second-order valence-electron chi connectivity index (χ2n) is 7.98. The molecule has 1 saturated carbocycles. The highest BCUT2D eigenvalue weighted by atomic mass is 15.3. The van der Waals surface area contributed by atoms with Gasteiger partial charge in [0, 0.05) is 28.3 Å². The summed E-state index contributed by atoms with van der Waals surface area (Å²) in [5.41, 5.74) is 9.27. The third kappa shape index (κ3) is 2.56. The molecule has 0 atom stereocenters. The van der Waals surface area contributed by atoms with Gasteiger partial charge in [-0.15, -0.1) is 0 Å². The Morgan fingerprint density at radius 1 is 0.963 bits per heavy atom. The summed E-state index contributed by atoms with van der Waals surface area (Å²) in [6, 6.07) is 6.78. The highest BCUT2D eigenvalue weighted by Crippen LogP contribution is 2.38. The van der Waals surface area contributed by atoms with E-state index < -0.39 is 0 Å². The van der Waals surface area contributed by atoms with E-state index in [2.05, 4.69) is 59.3 Å². The molecule has 3 aromatic heterocycles. The first-order chi connectivity index (χ1) is 13.1. The average molecular weight is 359 g/mol. The van der Waals surface area contributed by atoms with Crippen LogP contribution in [0.5, 0.6) is 0 Å². The van der Waals surface area contributed by atoms with Crippen LogP contribution in [0, 0.1) is 20.8 Å². The Kier molecular flexibility index (Phi) is 3.78. The summed E-state index contributed by atoms with van der Waals surface area (Å²) in [7, 11) is 0. The lowest BCUT2D eigenvalue weighted by Gasteiger charge is -2.20. The Balaban J connectivity index is 1.67. The minimum absolute atomic E-state index is 0.629. The first kappa shape index (κ1) is 16.5. The van der Waals surface area contributed by atoms with Crippen LogP contribution in [0.2, 0.25) is 0 Å². The molecule has 1 N–H and O–H groups in total. The van der Waals surface area contributed by atoms with Gasteiger partial charge in [0.1, 0.15) is 6.33 Å². The quantitative estimate of drug-likeness (QED) is 0.532. The molecule has 5 rings (SSSR count). The number of fused-ring (bicyclic) bond motifs is 2. The van der Waals surface area contributed by atoms with Gasteiger partial charge in [0.2, 0.25) is 0 Å². The van der Waals surface area contributed by atoms with E-state index in [9.17, 15) is 0 Å². The largest absolute Gasteiger partial charge is 0.281 e. The SMILES string of the molecule is Cc1cc2c(C3CCCCC3)[nH]nc2cc1-c1cc(C)c2ncnn2c1C. The number of rotatable bonds is 2. The van der Waals surface area contributed by atoms with E-state index in [1.165, 1.54) is 59.9 Å². The molecular weight excluding hydrogens is 334 g/mol. The molecule has 1 aromatic carbocycles. The fourth-order valence-electron chi connectivity index (χ4n) is 4.71. The molecule has 0 unspecified atom stereocenters. The van der Waals surface area contributed by atoms with Gasteiger partial charge in [0.05, 0.1) is 5.52 Å². The van der Waals surface area contributed by atoms with Gasteiger partial charge in [-0.1, -0.05) is 19.3 Å². The molecule has 0 radical (unpaired) electrons. The summed E-state index contributed by atoms with van der Waals surface area (Å²) in [5.74, 6) is 0.629. The number of aryl methyl sites for hydroxylation is 3. The summed E-state index contributed by atoms with van der Waals surface area (Å²) in [4.78, 5) is 4.38. The second-order valence-corrected chi connectivity index (χ2v) is 7.98. The van der Waals surface area contributed by atoms with E-state index in [4.69, 9.17) is 0 Å². The van der Waals surface area contributed by atoms with Crippen molar-refractivity contribution in [3.05, 3.63) is 47.0 Å². The Labute approximate surface area is 158 Å². The number of hydrogen-bond donors (Lipinski definition) is 1. The van der Waals surface area contributed by atoms with Crippen molar-refractivity contribution in [2.24, 2.45) is 0 Å². The number of nitrogens with zero attached hydrogens (tertiary/aromatic N) is 4. The average Bonchev–Trinajstić information content (AvgIpc) is 3.32. The number of aromatic nitrogens is 5. The minimum Gasteiger partial charge on any atom is -0.281 e. The summed E-state index contributed by atoms with van der Waals surface area (Å²) in [6.07, 6.45) is 8.21. The van der Waals surface area contributed by atoms with Crippen LogP contribution < -0.4 is 0 Å². The third-order valence-corrected chi connectivity index (χ3v) is 6.20. The molecular formula is C22H25N5. The van der Waals surface area contributed by atoms with Crippen molar-refractivity contribution in [3.63, 3.8) is 0 Å². The molecule has 0 saturated heterocycles. The fourth-order valence-corrected chi connectivity index (χ4v) is 4.71. The lowest BCUT2D eigenvalue weighted by molar-refractivity contribution is 0.438. The zero-order valence-electron chi connectivity index (χ0n) is 16.2. The molecule has 5 heteroatoms. The Hall–Kier alpha value is -2.69. The Morgan fingerprint density at radius 2 is 1.78 bits per heavy atom. The van der Waals surface area contributed by atoms with Gasteiger partial charge in [-0.25, -0.2) is 9.50 Å². The van der Waals surface area contributed by atoms with E-state index in [0.29, 0.717) is 5.92 Å². The van der Waals surface area contributed by atoms with E-state index in [-0.39, 0.29) is 0 Å². The lowest BCUT2D eigenvalue weighted by atomic mass is 9.85. The maximum atomic E-state index is 4.67. The molecule has 0 bridgehead atoms. The maximum Gasteiger partial charge on any atom is 0.158 e. The van der Waals surface area contributed by atoms with Crippen LogP contribution in [0.1, 0.15) is 60.5 Å². The van der Waals surface area contributed by atoms with Crippen LogP contribution in [-0.2, 0) is 0 Å². The summed E-state index contributed by atoms with van der Waals surface area (Å²) in [6.45, 7) is 6.40. The Morgan fingerprint density at radius 3 is 2.59 bits per heavy atom. The van der Waals surface area contributed by atoms with Gasteiger partial charge >= 0.3 is 0 Å². The second kappa shape index (κ2) is 6.19. The standard InChI is InChI=1S/C22H25N5/c1-13-9-19-20(25-26-21(19)16-7-5-4-6-8-16)11-17(13)18-10-14(2)22-23-12-24-27(22)15(18)3/h9-12,16H,4-8H2,1-3H3,(H,25,26). The molecule has 1 aliphatic carbocycles. The van der Waals surface area contributed by atoms with Gasteiger partial charge < -0.3 is 0 Å². The van der Waals surface area contributed by atoms with E-state index in [0.717, 1.165) is 22.4 Å².